The smallest absolute Gasteiger partial charge is 0.406 e. The molecule has 0 radical (unpaired) electrons. The molecule has 0 unspecified atom stereocenters. The van der Waals surface area contributed by atoms with E-state index in [-0.39, 0.29) is 17.4 Å². The maximum Gasteiger partial charge on any atom is 0.573 e. The Morgan fingerprint density at radius 2 is 1.81 bits per heavy atom. The molecular formula is C17H19F3N8O2S. The summed E-state index contributed by atoms with van der Waals surface area (Å²) in [6, 6.07) is 4.86. The highest BCUT2D eigenvalue weighted by Crippen LogP contribution is 2.25. The van der Waals surface area contributed by atoms with Crippen LogP contribution in [0.3, 0.4) is 0 Å². The second-order valence-electron chi connectivity index (χ2n) is 5.96. The van der Waals surface area contributed by atoms with Gasteiger partial charge in [0.05, 0.1) is 5.75 Å². The molecule has 166 valence electrons. The highest BCUT2D eigenvalue weighted by molar-refractivity contribution is 7.99. The van der Waals surface area contributed by atoms with Crippen LogP contribution in [0.5, 0.6) is 5.75 Å². The van der Waals surface area contributed by atoms with Crippen molar-refractivity contribution in [1.82, 2.24) is 24.6 Å². The van der Waals surface area contributed by atoms with E-state index < -0.39 is 6.36 Å². The summed E-state index contributed by atoms with van der Waals surface area (Å²) >= 11 is 1.12. The van der Waals surface area contributed by atoms with Gasteiger partial charge in [-0.25, -0.2) is 4.40 Å². The fraction of sp³-hybridized carbons (Fsp3) is 0.353. The maximum atomic E-state index is 12.2. The average Bonchev–Trinajstić information content (AvgIpc) is 3.10. The summed E-state index contributed by atoms with van der Waals surface area (Å²) in [5, 5.41) is 17.2. The zero-order valence-electron chi connectivity index (χ0n) is 16.5. The molecular weight excluding hydrogens is 437 g/mol. The van der Waals surface area contributed by atoms with Crippen molar-refractivity contribution in [3.63, 3.8) is 0 Å². The van der Waals surface area contributed by atoms with Crippen molar-refractivity contribution in [2.45, 2.75) is 25.4 Å². The Bertz CT molecular complexity index is 1040. The van der Waals surface area contributed by atoms with E-state index in [9.17, 15) is 18.0 Å². The van der Waals surface area contributed by atoms with Gasteiger partial charge in [0.25, 0.3) is 5.78 Å². The number of thioether (sulfide) groups is 1. The first-order chi connectivity index (χ1) is 14.8. The zero-order valence-corrected chi connectivity index (χ0v) is 17.3. The molecule has 10 nitrogen and oxygen atoms in total. The summed E-state index contributed by atoms with van der Waals surface area (Å²) in [6.07, 6.45) is -4.77. The van der Waals surface area contributed by atoms with E-state index in [4.69, 9.17) is 0 Å². The third kappa shape index (κ3) is 6.10. The average molecular weight is 456 g/mol. The van der Waals surface area contributed by atoms with Gasteiger partial charge in [-0.3, -0.25) is 4.79 Å². The topological polar surface area (TPSA) is 118 Å². The number of anilines is 3. The van der Waals surface area contributed by atoms with E-state index in [0.29, 0.717) is 41.6 Å². The number of nitrogens with one attached hydrogen (secondary N) is 3. The van der Waals surface area contributed by atoms with E-state index in [1.165, 1.54) is 12.1 Å². The third-order valence-corrected chi connectivity index (χ3v) is 4.55. The van der Waals surface area contributed by atoms with Crippen LogP contribution >= 0.6 is 11.8 Å². The number of hydrogen-bond acceptors (Lipinski definition) is 9. The molecule has 31 heavy (non-hydrogen) atoms. The molecule has 0 aliphatic carbocycles. The highest BCUT2D eigenvalue weighted by Gasteiger charge is 2.31. The van der Waals surface area contributed by atoms with Gasteiger partial charge in [0, 0.05) is 18.8 Å². The van der Waals surface area contributed by atoms with Crippen LogP contribution in [0.25, 0.3) is 5.78 Å². The van der Waals surface area contributed by atoms with Gasteiger partial charge >= 0.3 is 6.36 Å². The molecule has 14 heteroatoms. The van der Waals surface area contributed by atoms with Crippen molar-refractivity contribution in [2.24, 2.45) is 0 Å². The number of ether oxygens (including phenoxy) is 1. The summed E-state index contributed by atoms with van der Waals surface area (Å²) in [4.78, 5) is 20.9. The number of nitrogens with zero attached hydrogens (tertiary/aromatic N) is 5. The van der Waals surface area contributed by atoms with Crippen LogP contribution in [0, 0.1) is 0 Å². The van der Waals surface area contributed by atoms with E-state index in [2.05, 4.69) is 40.9 Å². The minimum atomic E-state index is -4.77. The van der Waals surface area contributed by atoms with E-state index in [0.717, 1.165) is 23.9 Å². The van der Waals surface area contributed by atoms with Gasteiger partial charge in [0.15, 0.2) is 5.16 Å². The number of hydrogen-bond donors (Lipinski definition) is 3. The number of alkyl halides is 3. The van der Waals surface area contributed by atoms with Crippen molar-refractivity contribution in [1.29, 1.82) is 0 Å². The lowest BCUT2D eigenvalue weighted by Gasteiger charge is -2.10. The summed E-state index contributed by atoms with van der Waals surface area (Å²) in [5.74, 6) is 0.457. The molecule has 0 saturated carbocycles. The van der Waals surface area contributed by atoms with Crippen LogP contribution in [-0.2, 0) is 4.79 Å². The first-order valence-corrected chi connectivity index (χ1v) is 10.2. The van der Waals surface area contributed by atoms with E-state index >= 15 is 0 Å². The Kier molecular flexibility index (Phi) is 6.99. The minimum Gasteiger partial charge on any atom is -0.406 e. The van der Waals surface area contributed by atoms with Gasteiger partial charge in [-0.05, 0) is 38.1 Å². The zero-order chi connectivity index (χ0) is 22.4. The van der Waals surface area contributed by atoms with Gasteiger partial charge in [0.1, 0.15) is 5.75 Å². The second-order valence-corrected chi connectivity index (χ2v) is 6.90. The lowest BCUT2D eigenvalue weighted by molar-refractivity contribution is -0.274. The molecule has 0 aliphatic rings. The fourth-order valence-corrected chi connectivity index (χ4v) is 3.19. The Labute approximate surface area is 179 Å². The van der Waals surface area contributed by atoms with Crippen LogP contribution in [-0.4, -0.2) is 55.7 Å². The SMILES string of the molecule is CCNc1nc(NCC)n2c(SCC(=O)Nc3ccc(OC(F)(F)F)cc3)nnc2n1. The number of halogens is 3. The number of aromatic nitrogens is 5. The van der Waals surface area contributed by atoms with Gasteiger partial charge in [-0.1, -0.05) is 11.8 Å². The summed E-state index contributed by atoms with van der Waals surface area (Å²) in [5.41, 5.74) is 0.332. The molecule has 3 aromatic rings. The molecule has 0 saturated heterocycles. The lowest BCUT2D eigenvalue weighted by Crippen LogP contribution is -2.17. The predicted octanol–water partition coefficient (Wildman–Crippen LogP) is 3.01. The normalized spacial score (nSPS) is 11.4. The number of carbonyl (C=O) groups excluding carboxylic acids is 1. The van der Waals surface area contributed by atoms with Crippen molar-refractivity contribution in [2.75, 3.05) is 34.8 Å². The van der Waals surface area contributed by atoms with Crippen molar-refractivity contribution >= 4 is 41.0 Å². The summed E-state index contributed by atoms with van der Waals surface area (Å²) < 4.78 is 42.0. The molecule has 0 spiro atoms. The van der Waals surface area contributed by atoms with Crippen molar-refractivity contribution < 1.29 is 22.7 Å². The molecule has 0 fully saturated rings. The summed E-state index contributed by atoms with van der Waals surface area (Å²) in [6.45, 7) is 5.08. The molecule has 1 aromatic carbocycles. The van der Waals surface area contributed by atoms with Gasteiger partial charge in [-0.15, -0.1) is 23.4 Å². The predicted molar refractivity (Wildman–Crippen MR) is 109 cm³/mol. The van der Waals surface area contributed by atoms with E-state index in [1.54, 1.807) is 4.40 Å². The molecule has 3 rings (SSSR count). The number of benzene rings is 1. The van der Waals surface area contributed by atoms with Crippen LogP contribution in [0.15, 0.2) is 29.4 Å². The number of amides is 1. The Balaban J connectivity index is 1.66. The van der Waals surface area contributed by atoms with Crippen LogP contribution in [0.4, 0.5) is 30.8 Å². The Morgan fingerprint density at radius 1 is 1.10 bits per heavy atom. The van der Waals surface area contributed by atoms with Crippen LogP contribution in [0.2, 0.25) is 0 Å². The highest BCUT2D eigenvalue weighted by atomic mass is 32.2. The van der Waals surface area contributed by atoms with Crippen molar-refractivity contribution in [3.05, 3.63) is 24.3 Å². The molecule has 1 amide bonds. The quantitative estimate of drug-likeness (QED) is 0.418. The first kappa shape index (κ1) is 22.4. The maximum absolute atomic E-state index is 12.2. The van der Waals surface area contributed by atoms with E-state index in [1.807, 2.05) is 13.8 Å². The largest absolute Gasteiger partial charge is 0.573 e. The van der Waals surface area contributed by atoms with Gasteiger partial charge < -0.3 is 20.7 Å². The monoisotopic (exact) mass is 456 g/mol. The van der Waals surface area contributed by atoms with Crippen LogP contribution in [0.1, 0.15) is 13.8 Å². The lowest BCUT2D eigenvalue weighted by atomic mass is 10.3. The third-order valence-electron chi connectivity index (χ3n) is 3.62. The Morgan fingerprint density at radius 3 is 2.45 bits per heavy atom. The molecule has 2 heterocycles. The molecule has 0 bridgehead atoms. The number of carbonyl (C=O) groups is 1. The van der Waals surface area contributed by atoms with Gasteiger partial charge in [0.2, 0.25) is 17.8 Å². The van der Waals surface area contributed by atoms with Crippen molar-refractivity contribution in [3.8, 4) is 5.75 Å². The fourth-order valence-electron chi connectivity index (χ4n) is 2.46. The van der Waals surface area contributed by atoms with Gasteiger partial charge in [-0.2, -0.15) is 9.97 Å². The van der Waals surface area contributed by atoms with Crippen LogP contribution < -0.4 is 20.7 Å². The summed E-state index contributed by atoms with van der Waals surface area (Å²) in [7, 11) is 0. The second kappa shape index (κ2) is 9.68. The molecule has 3 N–H and O–H groups in total. The number of fused-ring (bicyclic) bond motifs is 1. The number of rotatable bonds is 9. The molecule has 2 aromatic heterocycles. The Hall–Kier alpha value is -3.29. The minimum absolute atomic E-state index is 0.0118. The first-order valence-electron chi connectivity index (χ1n) is 9.18. The standard InChI is InChI=1S/C17H19F3N8O2S/c1-3-21-13-24-14(22-4-2)28-15(25-13)26-27-16(28)31-9-12(29)23-10-5-7-11(8-6-10)30-17(18,19)20/h5-8H,3-4,9H2,1-2H3,(H,23,29)(H2,21,22,24,25,26). The molecule has 0 aliphatic heterocycles. The molecule has 0 atom stereocenters.